The van der Waals surface area contributed by atoms with E-state index in [2.05, 4.69) is 12.2 Å². The summed E-state index contributed by atoms with van der Waals surface area (Å²) >= 11 is 0. The standard InChI is InChI=1S/C14H25NO2/c1-11(12-2-3-12)9-15-13-4-6-17-14(8-13)5-7-16-10-14/h11-13,15H,2-10H2,1H3. The zero-order valence-electron chi connectivity index (χ0n) is 10.9. The number of hydrogen-bond acceptors (Lipinski definition) is 3. The molecule has 3 rings (SSSR count). The van der Waals surface area contributed by atoms with E-state index in [4.69, 9.17) is 9.47 Å². The van der Waals surface area contributed by atoms with Crippen molar-refractivity contribution in [1.82, 2.24) is 5.32 Å². The maximum absolute atomic E-state index is 5.96. The average Bonchev–Trinajstić information content (AvgIpc) is 3.10. The molecule has 3 fully saturated rings. The molecule has 2 saturated heterocycles. The Morgan fingerprint density at radius 3 is 2.88 bits per heavy atom. The first-order chi connectivity index (χ1) is 8.27. The Bertz CT molecular complexity index is 259. The third-order valence-corrected chi connectivity index (χ3v) is 4.72. The van der Waals surface area contributed by atoms with Gasteiger partial charge in [-0.25, -0.2) is 0 Å². The minimum Gasteiger partial charge on any atom is -0.378 e. The lowest BCUT2D eigenvalue weighted by Crippen LogP contribution is -2.48. The summed E-state index contributed by atoms with van der Waals surface area (Å²) in [7, 11) is 0. The normalized spacial score (nSPS) is 39.7. The smallest absolute Gasteiger partial charge is 0.0951 e. The van der Waals surface area contributed by atoms with Gasteiger partial charge in [0.15, 0.2) is 0 Å². The third-order valence-electron chi connectivity index (χ3n) is 4.72. The Labute approximate surface area is 104 Å². The fourth-order valence-corrected chi connectivity index (χ4v) is 3.25. The lowest BCUT2D eigenvalue weighted by Gasteiger charge is -2.37. The molecule has 1 spiro atoms. The topological polar surface area (TPSA) is 30.5 Å². The maximum Gasteiger partial charge on any atom is 0.0951 e. The Hall–Kier alpha value is -0.120. The van der Waals surface area contributed by atoms with Gasteiger partial charge in [-0.2, -0.15) is 0 Å². The van der Waals surface area contributed by atoms with Crippen LogP contribution in [0.15, 0.2) is 0 Å². The molecule has 0 aromatic carbocycles. The molecule has 3 aliphatic rings. The first-order valence-electron chi connectivity index (χ1n) is 7.22. The number of rotatable bonds is 4. The Balaban J connectivity index is 1.46. The van der Waals surface area contributed by atoms with Crippen molar-refractivity contribution in [2.45, 2.75) is 50.7 Å². The molecular weight excluding hydrogens is 214 g/mol. The molecule has 3 heteroatoms. The van der Waals surface area contributed by atoms with Crippen LogP contribution >= 0.6 is 0 Å². The van der Waals surface area contributed by atoms with E-state index in [0.717, 1.165) is 44.5 Å². The molecule has 1 aliphatic carbocycles. The van der Waals surface area contributed by atoms with Crippen LogP contribution in [0, 0.1) is 11.8 Å². The summed E-state index contributed by atoms with van der Waals surface area (Å²) in [5, 5.41) is 3.76. The van der Waals surface area contributed by atoms with Gasteiger partial charge in [0.2, 0.25) is 0 Å². The highest BCUT2D eigenvalue weighted by molar-refractivity contribution is 4.93. The first-order valence-corrected chi connectivity index (χ1v) is 7.22. The summed E-state index contributed by atoms with van der Waals surface area (Å²) in [6, 6.07) is 0.645. The summed E-state index contributed by atoms with van der Waals surface area (Å²) in [5.41, 5.74) is 0.0543. The molecular formula is C14H25NO2. The van der Waals surface area contributed by atoms with Crippen molar-refractivity contribution in [3.05, 3.63) is 0 Å². The average molecular weight is 239 g/mol. The molecule has 0 bridgehead atoms. The van der Waals surface area contributed by atoms with E-state index in [1.165, 1.54) is 25.8 Å². The summed E-state index contributed by atoms with van der Waals surface area (Å²) in [5.74, 6) is 1.86. The van der Waals surface area contributed by atoms with Crippen LogP contribution < -0.4 is 5.32 Å². The van der Waals surface area contributed by atoms with Gasteiger partial charge in [-0.15, -0.1) is 0 Å². The molecule has 0 radical (unpaired) electrons. The van der Waals surface area contributed by atoms with Crippen molar-refractivity contribution < 1.29 is 9.47 Å². The molecule has 0 aromatic heterocycles. The highest BCUT2D eigenvalue weighted by atomic mass is 16.6. The number of nitrogens with one attached hydrogen (secondary N) is 1. The highest BCUT2D eigenvalue weighted by Gasteiger charge is 2.41. The zero-order valence-corrected chi connectivity index (χ0v) is 10.9. The summed E-state index contributed by atoms with van der Waals surface area (Å²) in [4.78, 5) is 0. The van der Waals surface area contributed by atoms with Gasteiger partial charge in [0, 0.05) is 25.7 Å². The van der Waals surface area contributed by atoms with E-state index < -0.39 is 0 Å². The van der Waals surface area contributed by atoms with E-state index in [0.29, 0.717) is 6.04 Å². The highest BCUT2D eigenvalue weighted by Crippen LogP contribution is 2.37. The molecule has 3 nitrogen and oxygen atoms in total. The largest absolute Gasteiger partial charge is 0.378 e. The first kappa shape index (κ1) is 11.9. The van der Waals surface area contributed by atoms with E-state index >= 15 is 0 Å². The third kappa shape index (κ3) is 2.83. The molecule has 1 saturated carbocycles. The van der Waals surface area contributed by atoms with Crippen molar-refractivity contribution >= 4 is 0 Å². The zero-order chi connectivity index (χ0) is 11.7. The fraction of sp³-hybridized carbons (Fsp3) is 1.00. The molecule has 2 aliphatic heterocycles. The molecule has 17 heavy (non-hydrogen) atoms. The predicted octanol–water partition coefficient (Wildman–Crippen LogP) is 1.96. The minimum absolute atomic E-state index is 0.0543. The number of hydrogen-bond donors (Lipinski definition) is 1. The molecule has 0 aromatic rings. The Morgan fingerprint density at radius 2 is 2.18 bits per heavy atom. The van der Waals surface area contributed by atoms with Crippen LogP contribution in [0.4, 0.5) is 0 Å². The minimum atomic E-state index is 0.0543. The van der Waals surface area contributed by atoms with Crippen LogP contribution in [0.25, 0.3) is 0 Å². The van der Waals surface area contributed by atoms with E-state index in [1.54, 1.807) is 0 Å². The van der Waals surface area contributed by atoms with Crippen LogP contribution in [0.1, 0.15) is 39.0 Å². The van der Waals surface area contributed by atoms with Gasteiger partial charge < -0.3 is 14.8 Å². The molecule has 98 valence electrons. The van der Waals surface area contributed by atoms with Gasteiger partial charge in [-0.3, -0.25) is 0 Å². The number of ether oxygens (including phenoxy) is 2. The maximum atomic E-state index is 5.96. The van der Waals surface area contributed by atoms with Crippen LogP contribution in [-0.2, 0) is 9.47 Å². The second kappa shape index (κ2) is 4.87. The van der Waals surface area contributed by atoms with E-state index in [-0.39, 0.29) is 5.60 Å². The predicted molar refractivity (Wildman–Crippen MR) is 67.0 cm³/mol. The van der Waals surface area contributed by atoms with Crippen LogP contribution in [0.5, 0.6) is 0 Å². The molecule has 0 amide bonds. The second-order valence-corrected chi connectivity index (χ2v) is 6.25. The summed E-state index contributed by atoms with van der Waals surface area (Å²) < 4.78 is 11.5. The van der Waals surface area contributed by atoms with Crippen molar-refractivity contribution in [1.29, 1.82) is 0 Å². The van der Waals surface area contributed by atoms with Crippen LogP contribution in [-0.4, -0.2) is 38.0 Å². The van der Waals surface area contributed by atoms with Gasteiger partial charge in [0.1, 0.15) is 0 Å². The van der Waals surface area contributed by atoms with Crippen molar-refractivity contribution in [3.63, 3.8) is 0 Å². The van der Waals surface area contributed by atoms with Crippen molar-refractivity contribution in [2.24, 2.45) is 11.8 Å². The van der Waals surface area contributed by atoms with E-state index in [9.17, 15) is 0 Å². The lowest BCUT2D eigenvalue weighted by atomic mass is 9.89. The molecule has 2 heterocycles. The monoisotopic (exact) mass is 239 g/mol. The summed E-state index contributed by atoms with van der Waals surface area (Å²) in [6.45, 7) is 6.16. The van der Waals surface area contributed by atoms with E-state index in [1.807, 2.05) is 0 Å². The van der Waals surface area contributed by atoms with Gasteiger partial charge in [0.05, 0.1) is 12.2 Å². The molecule has 1 N–H and O–H groups in total. The van der Waals surface area contributed by atoms with Gasteiger partial charge in [0.25, 0.3) is 0 Å². The lowest BCUT2D eigenvalue weighted by molar-refractivity contribution is -0.0895. The van der Waals surface area contributed by atoms with Crippen LogP contribution in [0.2, 0.25) is 0 Å². The Kier molecular flexibility index (Phi) is 3.42. The molecule has 3 unspecified atom stereocenters. The van der Waals surface area contributed by atoms with Gasteiger partial charge in [-0.05, 0) is 44.1 Å². The van der Waals surface area contributed by atoms with Gasteiger partial charge >= 0.3 is 0 Å². The fourth-order valence-electron chi connectivity index (χ4n) is 3.25. The quantitative estimate of drug-likeness (QED) is 0.813. The molecule has 3 atom stereocenters. The van der Waals surface area contributed by atoms with Crippen LogP contribution in [0.3, 0.4) is 0 Å². The SMILES string of the molecule is CC(CNC1CCOC2(CCOC2)C1)C1CC1. The van der Waals surface area contributed by atoms with Gasteiger partial charge in [-0.1, -0.05) is 6.92 Å². The second-order valence-electron chi connectivity index (χ2n) is 6.25. The van der Waals surface area contributed by atoms with Crippen molar-refractivity contribution in [3.8, 4) is 0 Å². The summed E-state index contributed by atoms with van der Waals surface area (Å²) in [6.07, 6.45) is 6.30. The van der Waals surface area contributed by atoms with Crippen molar-refractivity contribution in [2.75, 3.05) is 26.4 Å². The Morgan fingerprint density at radius 1 is 1.29 bits per heavy atom.